The molecule has 0 aromatic carbocycles. The molecule has 22 heavy (non-hydrogen) atoms. The van der Waals surface area contributed by atoms with Crippen LogP contribution in [-0.4, -0.2) is 24.1 Å². The van der Waals surface area contributed by atoms with E-state index >= 15 is 0 Å². The summed E-state index contributed by atoms with van der Waals surface area (Å²) in [6.07, 6.45) is 1.77. The largest absolute Gasteiger partial charge is 0.462 e. The van der Waals surface area contributed by atoms with Gasteiger partial charge in [-0.05, 0) is 37.5 Å². The molecule has 0 aromatic rings. The van der Waals surface area contributed by atoms with Crippen LogP contribution >= 0.6 is 0 Å². The second-order valence-electron chi connectivity index (χ2n) is 8.20. The highest BCUT2D eigenvalue weighted by Gasteiger charge is 2.24. The number of esters is 2. The molecule has 0 amide bonds. The highest BCUT2D eigenvalue weighted by atomic mass is 16.5. The maximum Gasteiger partial charge on any atom is 0.306 e. The number of hydrogen-bond acceptors (Lipinski definition) is 4. The summed E-state index contributed by atoms with van der Waals surface area (Å²) in [5.41, 5.74) is -0.106. The van der Waals surface area contributed by atoms with Gasteiger partial charge in [0.2, 0.25) is 0 Å². The van der Waals surface area contributed by atoms with Crippen LogP contribution in [0.4, 0.5) is 0 Å². The lowest BCUT2D eigenvalue weighted by atomic mass is 9.90. The molecule has 0 rings (SSSR count). The summed E-state index contributed by atoms with van der Waals surface area (Å²) in [5.74, 6) is -0.391. The lowest BCUT2D eigenvalue weighted by Crippen LogP contribution is -2.29. The van der Waals surface area contributed by atoms with Crippen molar-refractivity contribution in [3.05, 3.63) is 0 Å². The predicted molar refractivity (Wildman–Crippen MR) is 88.5 cm³/mol. The molecule has 0 radical (unpaired) electrons. The Bertz CT molecular complexity index is 324. The predicted octanol–water partition coefficient (Wildman–Crippen LogP) is 4.50. The van der Waals surface area contributed by atoms with E-state index in [1.165, 1.54) is 0 Å². The first kappa shape index (κ1) is 20.9. The van der Waals surface area contributed by atoms with Crippen LogP contribution < -0.4 is 0 Å². The third kappa shape index (κ3) is 9.06. The highest BCUT2D eigenvalue weighted by Crippen LogP contribution is 2.23. The maximum atomic E-state index is 11.7. The molecule has 0 aromatic heterocycles. The molecule has 0 spiro atoms. The van der Waals surface area contributed by atoms with Crippen LogP contribution in [0.15, 0.2) is 0 Å². The lowest BCUT2D eigenvalue weighted by molar-refractivity contribution is -0.155. The van der Waals surface area contributed by atoms with E-state index in [0.29, 0.717) is 25.7 Å². The monoisotopic (exact) mass is 314 g/mol. The SMILES string of the molecule is CC(OC(=O)CCCCC(=O)OC(C)C(C)(C)C)C(C)(C)C. The smallest absolute Gasteiger partial charge is 0.306 e. The van der Waals surface area contributed by atoms with Crippen molar-refractivity contribution in [3.8, 4) is 0 Å². The molecule has 2 unspecified atom stereocenters. The van der Waals surface area contributed by atoms with Gasteiger partial charge in [0.05, 0.1) is 0 Å². The van der Waals surface area contributed by atoms with E-state index in [-0.39, 0.29) is 35.0 Å². The Hall–Kier alpha value is -1.06. The van der Waals surface area contributed by atoms with Gasteiger partial charge in [-0.15, -0.1) is 0 Å². The summed E-state index contributed by atoms with van der Waals surface area (Å²) >= 11 is 0. The highest BCUT2D eigenvalue weighted by molar-refractivity contribution is 5.70. The normalized spacial score (nSPS) is 15.1. The number of ether oxygens (including phenoxy) is 2. The van der Waals surface area contributed by atoms with Crippen LogP contribution in [0.3, 0.4) is 0 Å². The molecular formula is C18H34O4. The third-order valence-electron chi connectivity index (χ3n) is 4.07. The average Bonchev–Trinajstić information content (AvgIpc) is 2.32. The van der Waals surface area contributed by atoms with Gasteiger partial charge in [-0.25, -0.2) is 0 Å². The van der Waals surface area contributed by atoms with Gasteiger partial charge in [0, 0.05) is 12.8 Å². The van der Waals surface area contributed by atoms with Crippen molar-refractivity contribution in [1.82, 2.24) is 0 Å². The standard InChI is InChI=1S/C18H34O4/c1-13(17(3,4)5)21-15(19)11-9-10-12-16(20)22-14(2)18(6,7)8/h13-14H,9-12H2,1-8H3. The molecule has 0 fully saturated rings. The lowest BCUT2D eigenvalue weighted by Gasteiger charge is -2.27. The van der Waals surface area contributed by atoms with Crippen LogP contribution in [0.1, 0.15) is 81.1 Å². The number of hydrogen-bond donors (Lipinski definition) is 0. The van der Waals surface area contributed by atoms with E-state index in [0.717, 1.165) is 0 Å². The van der Waals surface area contributed by atoms with Crippen molar-refractivity contribution in [1.29, 1.82) is 0 Å². The zero-order valence-corrected chi connectivity index (χ0v) is 15.6. The molecule has 0 aliphatic rings. The number of carbonyl (C=O) groups is 2. The van der Waals surface area contributed by atoms with Gasteiger partial charge < -0.3 is 9.47 Å². The van der Waals surface area contributed by atoms with Crippen LogP contribution in [0.2, 0.25) is 0 Å². The van der Waals surface area contributed by atoms with Crippen LogP contribution in [0.25, 0.3) is 0 Å². The average molecular weight is 314 g/mol. The van der Waals surface area contributed by atoms with Crippen molar-refractivity contribution >= 4 is 11.9 Å². The van der Waals surface area contributed by atoms with Crippen molar-refractivity contribution < 1.29 is 19.1 Å². The molecule has 4 nitrogen and oxygen atoms in total. The molecule has 0 saturated carbocycles. The van der Waals surface area contributed by atoms with Crippen molar-refractivity contribution in [2.24, 2.45) is 10.8 Å². The second kappa shape index (κ2) is 8.54. The number of carbonyl (C=O) groups excluding carboxylic acids is 2. The van der Waals surface area contributed by atoms with Crippen LogP contribution in [0, 0.1) is 10.8 Å². The Kier molecular flexibility index (Phi) is 8.13. The Morgan fingerprint density at radius 2 is 1.00 bits per heavy atom. The van der Waals surface area contributed by atoms with Gasteiger partial charge in [0.15, 0.2) is 0 Å². The topological polar surface area (TPSA) is 52.6 Å². The second-order valence-corrected chi connectivity index (χ2v) is 8.20. The molecule has 4 heteroatoms. The first-order chi connectivity index (χ1) is 9.84. The van der Waals surface area contributed by atoms with Gasteiger partial charge in [-0.2, -0.15) is 0 Å². The van der Waals surface area contributed by atoms with Crippen molar-refractivity contribution in [2.45, 2.75) is 93.3 Å². The summed E-state index contributed by atoms with van der Waals surface area (Å²) < 4.78 is 10.8. The molecule has 0 saturated heterocycles. The maximum absolute atomic E-state index is 11.7. The Labute approximate surface area is 135 Å². The summed E-state index contributed by atoms with van der Waals surface area (Å²) in [7, 11) is 0. The third-order valence-corrected chi connectivity index (χ3v) is 4.07. The van der Waals surface area contributed by atoms with E-state index in [4.69, 9.17) is 9.47 Å². The summed E-state index contributed by atoms with van der Waals surface area (Å²) in [5, 5.41) is 0. The minimum atomic E-state index is -0.196. The minimum Gasteiger partial charge on any atom is -0.462 e. The summed E-state index contributed by atoms with van der Waals surface area (Å²) in [6.45, 7) is 16.0. The Morgan fingerprint density at radius 1 is 0.727 bits per heavy atom. The molecule has 0 heterocycles. The molecule has 0 N–H and O–H groups in total. The fourth-order valence-electron chi connectivity index (χ4n) is 1.40. The molecule has 0 aliphatic carbocycles. The Balaban J connectivity index is 3.90. The van der Waals surface area contributed by atoms with Crippen molar-refractivity contribution in [2.75, 3.05) is 0 Å². The van der Waals surface area contributed by atoms with E-state index in [9.17, 15) is 9.59 Å². The van der Waals surface area contributed by atoms with Gasteiger partial charge in [0.1, 0.15) is 12.2 Å². The summed E-state index contributed by atoms with van der Waals surface area (Å²) in [4.78, 5) is 23.4. The van der Waals surface area contributed by atoms with E-state index in [2.05, 4.69) is 0 Å². The first-order valence-corrected chi connectivity index (χ1v) is 8.23. The summed E-state index contributed by atoms with van der Waals surface area (Å²) in [6, 6.07) is 0. The van der Waals surface area contributed by atoms with E-state index in [1.807, 2.05) is 55.4 Å². The minimum absolute atomic E-state index is 0.0530. The van der Waals surface area contributed by atoms with Crippen molar-refractivity contribution in [3.63, 3.8) is 0 Å². The molecule has 0 aliphatic heterocycles. The van der Waals surface area contributed by atoms with Crippen LogP contribution in [-0.2, 0) is 19.1 Å². The molecule has 130 valence electrons. The number of unbranched alkanes of at least 4 members (excludes halogenated alkanes) is 1. The van der Waals surface area contributed by atoms with Gasteiger partial charge in [-0.1, -0.05) is 41.5 Å². The molecular weight excluding hydrogens is 280 g/mol. The Morgan fingerprint density at radius 3 is 1.23 bits per heavy atom. The zero-order chi connectivity index (χ0) is 17.6. The van der Waals surface area contributed by atoms with Gasteiger partial charge in [-0.3, -0.25) is 9.59 Å². The van der Waals surface area contributed by atoms with Crippen LogP contribution in [0.5, 0.6) is 0 Å². The van der Waals surface area contributed by atoms with Gasteiger partial charge >= 0.3 is 11.9 Å². The zero-order valence-electron chi connectivity index (χ0n) is 15.6. The fraction of sp³-hybridized carbons (Fsp3) is 0.889. The number of rotatable bonds is 7. The first-order valence-electron chi connectivity index (χ1n) is 8.23. The van der Waals surface area contributed by atoms with E-state index in [1.54, 1.807) is 0 Å². The fourth-order valence-corrected chi connectivity index (χ4v) is 1.40. The van der Waals surface area contributed by atoms with E-state index < -0.39 is 0 Å². The van der Waals surface area contributed by atoms with Gasteiger partial charge in [0.25, 0.3) is 0 Å². The molecule has 2 atom stereocenters. The quantitative estimate of drug-likeness (QED) is 0.513. The molecule has 0 bridgehead atoms.